The van der Waals surface area contributed by atoms with E-state index < -0.39 is 0 Å². The van der Waals surface area contributed by atoms with Crippen LogP contribution in [0.15, 0.2) is 78.9 Å². The third-order valence-electron chi connectivity index (χ3n) is 5.11. The molecule has 3 aromatic rings. The van der Waals surface area contributed by atoms with E-state index in [0.29, 0.717) is 24.3 Å². The number of hydrogen-bond acceptors (Lipinski definition) is 4. The Hall–Kier alpha value is -3.64. The summed E-state index contributed by atoms with van der Waals surface area (Å²) in [5.41, 5.74) is 9.16. The lowest BCUT2D eigenvalue weighted by Crippen LogP contribution is -2.35. The van der Waals surface area contributed by atoms with E-state index >= 15 is 0 Å². The van der Waals surface area contributed by atoms with Gasteiger partial charge in [0.1, 0.15) is 17.7 Å². The fourth-order valence-electron chi connectivity index (χ4n) is 3.53. The first-order valence-electron chi connectivity index (χ1n) is 9.89. The van der Waals surface area contributed by atoms with Crippen LogP contribution in [0, 0.1) is 5.41 Å². The van der Waals surface area contributed by atoms with Gasteiger partial charge in [0.25, 0.3) is 0 Å². The molecule has 5 N–H and O–H groups in total. The average Bonchev–Trinajstić information content (AvgIpc) is 3.24. The summed E-state index contributed by atoms with van der Waals surface area (Å²) in [6.45, 7) is 0.579. The smallest absolute Gasteiger partial charge is 0.241 e. The molecule has 152 valence electrons. The molecule has 0 aliphatic carbocycles. The van der Waals surface area contributed by atoms with Crippen molar-refractivity contribution in [3.63, 3.8) is 0 Å². The van der Waals surface area contributed by atoms with Crippen molar-refractivity contribution in [2.24, 2.45) is 5.73 Å². The van der Waals surface area contributed by atoms with Gasteiger partial charge in [0.15, 0.2) is 0 Å². The van der Waals surface area contributed by atoms with Crippen molar-refractivity contribution in [3.05, 3.63) is 84.4 Å². The second-order valence-electron chi connectivity index (χ2n) is 7.31. The van der Waals surface area contributed by atoms with Crippen molar-refractivity contribution in [2.45, 2.75) is 18.6 Å². The van der Waals surface area contributed by atoms with Crippen molar-refractivity contribution in [3.8, 4) is 16.9 Å². The Kier molecular flexibility index (Phi) is 5.77. The molecule has 6 nitrogen and oxygen atoms in total. The average molecular weight is 400 g/mol. The number of nitrogens with two attached hydrogens (primary N) is 1. The molecule has 1 saturated heterocycles. The summed E-state index contributed by atoms with van der Waals surface area (Å²) in [5.74, 6) is 0.568. The number of benzene rings is 3. The number of carbonyl (C=O) groups excluding carboxylic acids is 1. The molecule has 1 aliphatic heterocycles. The van der Waals surface area contributed by atoms with Crippen LogP contribution >= 0.6 is 0 Å². The monoisotopic (exact) mass is 400 g/mol. The van der Waals surface area contributed by atoms with Gasteiger partial charge in [0, 0.05) is 24.2 Å². The fourth-order valence-corrected chi connectivity index (χ4v) is 3.53. The van der Waals surface area contributed by atoms with Gasteiger partial charge in [-0.25, -0.2) is 0 Å². The molecule has 3 aromatic carbocycles. The van der Waals surface area contributed by atoms with Crippen LogP contribution < -0.4 is 21.1 Å². The Labute approximate surface area is 175 Å². The molecule has 1 heterocycles. The highest BCUT2D eigenvalue weighted by molar-refractivity contribution is 5.96. The first kappa shape index (κ1) is 19.7. The Morgan fingerprint density at radius 1 is 1.00 bits per heavy atom. The standard InChI is InChI=1S/C24H24N4O2/c25-23(26)18-7-4-8-20(13-18)30-21-14-22(27-15-21)24(29)28-19-11-9-17(10-12-19)16-5-2-1-3-6-16/h1-13,21-22,27H,14-15H2,(H3,25,26)(H,28,29). The van der Waals surface area contributed by atoms with E-state index in [-0.39, 0.29) is 23.9 Å². The number of rotatable bonds is 6. The Morgan fingerprint density at radius 2 is 1.73 bits per heavy atom. The lowest BCUT2D eigenvalue weighted by atomic mass is 10.1. The second-order valence-corrected chi connectivity index (χ2v) is 7.31. The van der Waals surface area contributed by atoms with Crippen LogP contribution in [0.5, 0.6) is 5.75 Å². The summed E-state index contributed by atoms with van der Waals surface area (Å²) in [6, 6.07) is 24.8. The Bertz CT molecular complexity index is 1030. The predicted molar refractivity (Wildman–Crippen MR) is 119 cm³/mol. The molecule has 0 saturated carbocycles. The molecular formula is C24H24N4O2. The van der Waals surface area contributed by atoms with Gasteiger partial charge in [-0.3, -0.25) is 10.2 Å². The number of carbonyl (C=O) groups is 1. The van der Waals surface area contributed by atoms with Crippen molar-refractivity contribution < 1.29 is 9.53 Å². The molecule has 6 heteroatoms. The number of nitrogen functional groups attached to an aromatic ring is 1. The predicted octanol–water partition coefficient (Wildman–Crippen LogP) is 3.39. The summed E-state index contributed by atoms with van der Waals surface area (Å²) < 4.78 is 5.97. The molecule has 1 fully saturated rings. The van der Waals surface area contributed by atoms with Gasteiger partial charge in [-0.15, -0.1) is 0 Å². The van der Waals surface area contributed by atoms with Crippen molar-refractivity contribution >= 4 is 17.4 Å². The SMILES string of the molecule is N=C(N)c1cccc(OC2CNC(C(=O)Nc3ccc(-c4ccccc4)cc3)C2)c1. The first-order chi connectivity index (χ1) is 14.6. The first-order valence-corrected chi connectivity index (χ1v) is 9.89. The second kappa shape index (κ2) is 8.80. The highest BCUT2D eigenvalue weighted by Crippen LogP contribution is 2.22. The largest absolute Gasteiger partial charge is 0.489 e. The van der Waals surface area contributed by atoms with Crippen LogP contribution in [0.25, 0.3) is 11.1 Å². The summed E-state index contributed by atoms with van der Waals surface area (Å²) in [5, 5.41) is 13.7. The molecule has 4 rings (SSSR count). The van der Waals surface area contributed by atoms with E-state index in [2.05, 4.69) is 22.8 Å². The number of amidine groups is 1. The molecule has 1 amide bonds. The number of ether oxygens (including phenoxy) is 1. The minimum absolute atomic E-state index is 0.000495. The zero-order chi connectivity index (χ0) is 20.9. The summed E-state index contributed by atoms with van der Waals surface area (Å²) in [6.07, 6.45) is 0.446. The fraction of sp³-hybridized carbons (Fsp3) is 0.167. The normalized spacial score (nSPS) is 18.0. The van der Waals surface area contributed by atoms with E-state index in [1.54, 1.807) is 18.2 Å². The van der Waals surface area contributed by atoms with Gasteiger partial charge in [-0.1, -0.05) is 54.6 Å². The van der Waals surface area contributed by atoms with E-state index in [4.69, 9.17) is 15.9 Å². The molecule has 0 aromatic heterocycles. The lowest BCUT2D eigenvalue weighted by molar-refractivity contribution is -0.117. The summed E-state index contributed by atoms with van der Waals surface area (Å²) >= 11 is 0. The molecule has 2 unspecified atom stereocenters. The van der Waals surface area contributed by atoms with Gasteiger partial charge in [-0.05, 0) is 35.4 Å². The topological polar surface area (TPSA) is 100 Å². The van der Waals surface area contributed by atoms with Crippen LogP contribution in [0.2, 0.25) is 0 Å². The Morgan fingerprint density at radius 3 is 2.47 bits per heavy atom. The maximum Gasteiger partial charge on any atom is 0.241 e. The van der Waals surface area contributed by atoms with Gasteiger partial charge < -0.3 is 21.1 Å². The minimum atomic E-state index is -0.320. The van der Waals surface area contributed by atoms with E-state index in [9.17, 15) is 4.79 Å². The summed E-state index contributed by atoms with van der Waals surface area (Å²) in [4.78, 5) is 12.6. The van der Waals surface area contributed by atoms with E-state index in [0.717, 1.165) is 16.8 Å². The lowest BCUT2D eigenvalue weighted by Gasteiger charge is -2.14. The molecule has 0 radical (unpaired) electrons. The summed E-state index contributed by atoms with van der Waals surface area (Å²) in [7, 11) is 0. The minimum Gasteiger partial charge on any atom is -0.489 e. The number of amides is 1. The number of nitrogens with one attached hydrogen (secondary N) is 3. The van der Waals surface area contributed by atoms with Crippen LogP contribution in [0.3, 0.4) is 0 Å². The van der Waals surface area contributed by atoms with Crippen LogP contribution in [0.4, 0.5) is 5.69 Å². The third-order valence-corrected chi connectivity index (χ3v) is 5.11. The maximum absolute atomic E-state index is 12.6. The number of hydrogen-bond donors (Lipinski definition) is 4. The Balaban J connectivity index is 1.33. The van der Waals surface area contributed by atoms with Gasteiger partial charge >= 0.3 is 0 Å². The number of anilines is 1. The van der Waals surface area contributed by atoms with Crippen LogP contribution in [-0.4, -0.2) is 30.4 Å². The molecule has 0 bridgehead atoms. The molecular weight excluding hydrogens is 376 g/mol. The van der Waals surface area contributed by atoms with E-state index in [1.165, 1.54) is 0 Å². The van der Waals surface area contributed by atoms with Gasteiger partial charge in [0.05, 0.1) is 6.04 Å². The maximum atomic E-state index is 12.6. The van der Waals surface area contributed by atoms with Crippen molar-refractivity contribution in [1.82, 2.24) is 5.32 Å². The van der Waals surface area contributed by atoms with Crippen molar-refractivity contribution in [2.75, 3.05) is 11.9 Å². The third kappa shape index (κ3) is 4.67. The quantitative estimate of drug-likeness (QED) is 0.376. The highest BCUT2D eigenvalue weighted by atomic mass is 16.5. The zero-order valence-corrected chi connectivity index (χ0v) is 16.5. The molecule has 2 atom stereocenters. The van der Waals surface area contributed by atoms with E-state index in [1.807, 2.05) is 48.5 Å². The van der Waals surface area contributed by atoms with Crippen molar-refractivity contribution in [1.29, 1.82) is 5.41 Å². The van der Waals surface area contributed by atoms with Gasteiger partial charge in [-0.2, -0.15) is 0 Å². The molecule has 30 heavy (non-hydrogen) atoms. The van der Waals surface area contributed by atoms with Crippen LogP contribution in [-0.2, 0) is 4.79 Å². The zero-order valence-electron chi connectivity index (χ0n) is 16.5. The molecule has 0 spiro atoms. The van der Waals surface area contributed by atoms with Gasteiger partial charge in [0.2, 0.25) is 5.91 Å². The highest BCUT2D eigenvalue weighted by Gasteiger charge is 2.30. The molecule has 1 aliphatic rings. The van der Waals surface area contributed by atoms with Crippen LogP contribution in [0.1, 0.15) is 12.0 Å².